The van der Waals surface area contributed by atoms with Crippen LogP contribution in [0.5, 0.6) is 0 Å². The molecule has 2 heteroatoms. The summed E-state index contributed by atoms with van der Waals surface area (Å²) in [6, 6.07) is 82.1. The maximum absolute atomic E-state index is 6.53. The second kappa shape index (κ2) is 13.7. The Labute approximate surface area is 358 Å². The van der Waals surface area contributed by atoms with Gasteiger partial charge in [0.15, 0.2) is 0 Å². The molecule has 62 heavy (non-hydrogen) atoms. The van der Waals surface area contributed by atoms with Crippen molar-refractivity contribution in [3.05, 3.63) is 224 Å². The molecule has 0 unspecified atom stereocenters. The summed E-state index contributed by atoms with van der Waals surface area (Å²) >= 11 is 0. The van der Waals surface area contributed by atoms with E-state index < -0.39 is 0 Å². The fourth-order valence-corrected chi connectivity index (χ4v) is 9.98. The summed E-state index contributed by atoms with van der Waals surface area (Å²) in [7, 11) is 0. The molecule has 0 fully saturated rings. The van der Waals surface area contributed by atoms with Crippen molar-refractivity contribution in [3.8, 4) is 22.3 Å². The van der Waals surface area contributed by atoms with E-state index in [0.29, 0.717) is 0 Å². The smallest absolute Gasteiger partial charge is 0.136 e. The van der Waals surface area contributed by atoms with E-state index in [1.54, 1.807) is 0 Å². The van der Waals surface area contributed by atoms with E-state index in [2.05, 4.69) is 229 Å². The van der Waals surface area contributed by atoms with Crippen molar-refractivity contribution < 1.29 is 4.42 Å². The van der Waals surface area contributed by atoms with Crippen LogP contribution in [0.25, 0.3) is 109 Å². The maximum Gasteiger partial charge on any atom is 0.136 e. The van der Waals surface area contributed by atoms with E-state index in [9.17, 15) is 0 Å². The van der Waals surface area contributed by atoms with Gasteiger partial charge in [0.05, 0.1) is 0 Å². The van der Waals surface area contributed by atoms with Crippen molar-refractivity contribution in [1.29, 1.82) is 0 Å². The molecule has 0 N–H and O–H groups in total. The molecule has 2 nitrogen and oxygen atoms in total. The Hall–Kier alpha value is -8.20. The standard InChI is InChI=1S/C60H37NO/c1-2-14-41-35-60-57(33-40(41)13-1)58-36-47(28-29-59(58)62-60)61(48-31-42-15-4-8-20-51(42)56(37-48)53-23-11-17-39-12-3-6-18-49(39)53)46-27-26-38-24-25-44(30-45(38)32-46)55-34-43-16-5-7-19-50(43)52-21-9-10-22-54(52)55/h1-37H. The first-order valence-electron chi connectivity index (χ1n) is 21.3. The van der Waals surface area contributed by atoms with Crippen LogP contribution in [0.2, 0.25) is 0 Å². The SMILES string of the molecule is c1ccc2cc3c(cc2c1)oc1ccc(N(c2ccc4ccc(-c5cc6ccccc6c6ccccc56)cc4c2)c2cc(-c4cccc5ccccc45)c4ccccc4c2)cc13. The Morgan fingerprint density at radius 1 is 0.242 bits per heavy atom. The van der Waals surface area contributed by atoms with Gasteiger partial charge in [0.25, 0.3) is 0 Å². The first kappa shape index (κ1) is 34.6. The van der Waals surface area contributed by atoms with Crippen molar-refractivity contribution in [2.45, 2.75) is 0 Å². The Bertz CT molecular complexity index is 3940. The molecule has 0 atom stereocenters. The predicted octanol–water partition coefficient (Wildman–Crippen LogP) is 17.3. The van der Waals surface area contributed by atoms with Crippen molar-refractivity contribution in [2.24, 2.45) is 0 Å². The van der Waals surface area contributed by atoms with E-state index in [-0.39, 0.29) is 0 Å². The molecule has 0 bridgehead atoms. The van der Waals surface area contributed by atoms with Crippen LogP contribution < -0.4 is 4.90 Å². The Morgan fingerprint density at radius 3 is 1.65 bits per heavy atom. The zero-order chi connectivity index (χ0) is 40.7. The molecule has 288 valence electrons. The fraction of sp³-hybridized carbons (Fsp3) is 0. The topological polar surface area (TPSA) is 16.4 Å². The summed E-state index contributed by atoms with van der Waals surface area (Å²) in [4.78, 5) is 2.43. The molecule has 12 aromatic carbocycles. The molecule has 0 amide bonds. The summed E-state index contributed by atoms with van der Waals surface area (Å²) in [6.07, 6.45) is 0. The lowest BCUT2D eigenvalue weighted by atomic mass is 9.92. The lowest BCUT2D eigenvalue weighted by molar-refractivity contribution is 0.669. The molecular formula is C60H37NO. The van der Waals surface area contributed by atoms with Gasteiger partial charge in [0, 0.05) is 27.8 Å². The highest BCUT2D eigenvalue weighted by Gasteiger charge is 2.20. The Kier molecular flexibility index (Phi) is 7.64. The molecule has 0 saturated carbocycles. The van der Waals surface area contributed by atoms with Crippen LogP contribution in [0.3, 0.4) is 0 Å². The van der Waals surface area contributed by atoms with Crippen LogP contribution in [-0.4, -0.2) is 0 Å². The number of rotatable bonds is 5. The lowest BCUT2D eigenvalue weighted by Gasteiger charge is -2.27. The number of benzene rings is 12. The van der Waals surface area contributed by atoms with Crippen molar-refractivity contribution in [1.82, 2.24) is 0 Å². The van der Waals surface area contributed by atoms with E-state index in [1.165, 1.54) is 86.9 Å². The van der Waals surface area contributed by atoms with Gasteiger partial charge in [0.1, 0.15) is 11.2 Å². The Morgan fingerprint density at radius 2 is 0.823 bits per heavy atom. The molecular weight excluding hydrogens is 751 g/mol. The van der Waals surface area contributed by atoms with Crippen molar-refractivity contribution in [3.63, 3.8) is 0 Å². The maximum atomic E-state index is 6.53. The van der Waals surface area contributed by atoms with Gasteiger partial charge < -0.3 is 9.32 Å². The molecule has 0 radical (unpaired) electrons. The first-order chi connectivity index (χ1) is 30.7. The fourth-order valence-electron chi connectivity index (χ4n) is 9.98. The van der Waals surface area contributed by atoms with E-state index in [4.69, 9.17) is 4.42 Å². The average Bonchev–Trinajstić information content (AvgIpc) is 3.69. The minimum atomic E-state index is 0.875. The second-order valence-electron chi connectivity index (χ2n) is 16.5. The van der Waals surface area contributed by atoms with Crippen LogP contribution in [-0.2, 0) is 0 Å². The second-order valence-corrected chi connectivity index (χ2v) is 16.5. The number of fused-ring (bicyclic) bond motifs is 10. The van der Waals surface area contributed by atoms with Crippen molar-refractivity contribution in [2.75, 3.05) is 4.90 Å². The third kappa shape index (κ3) is 5.51. The van der Waals surface area contributed by atoms with Crippen LogP contribution in [0.1, 0.15) is 0 Å². The van der Waals surface area contributed by atoms with Crippen LogP contribution in [0.4, 0.5) is 17.1 Å². The van der Waals surface area contributed by atoms with Gasteiger partial charge in [-0.3, -0.25) is 0 Å². The quantitative estimate of drug-likeness (QED) is 0.162. The molecule has 13 aromatic rings. The molecule has 0 aliphatic heterocycles. The van der Waals surface area contributed by atoms with Gasteiger partial charge >= 0.3 is 0 Å². The normalized spacial score (nSPS) is 11.9. The van der Waals surface area contributed by atoms with Gasteiger partial charge in [-0.1, -0.05) is 158 Å². The summed E-state index contributed by atoms with van der Waals surface area (Å²) in [5.74, 6) is 0. The van der Waals surface area contributed by atoms with Gasteiger partial charge in [0.2, 0.25) is 0 Å². The molecule has 0 aliphatic carbocycles. The average molecular weight is 788 g/mol. The van der Waals surface area contributed by atoms with Crippen LogP contribution in [0, 0.1) is 0 Å². The highest BCUT2D eigenvalue weighted by atomic mass is 16.3. The molecule has 1 heterocycles. The number of hydrogen-bond donors (Lipinski definition) is 0. The molecule has 0 aliphatic rings. The third-order valence-corrected chi connectivity index (χ3v) is 12.9. The molecule has 13 rings (SSSR count). The van der Waals surface area contributed by atoms with E-state index >= 15 is 0 Å². The van der Waals surface area contributed by atoms with Crippen LogP contribution in [0.15, 0.2) is 229 Å². The van der Waals surface area contributed by atoms with Gasteiger partial charge in [-0.15, -0.1) is 0 Å². The van der Waals surface area contributed by atoms with Gasteiger partial charge in [-0.05, 0) is 154 Å². The first-order valence-corrected chi connectivity index (χ1v) is 21.3. The molecule has 0 spiro atoms. The van der Waals surface area contributed by atoms with Gasteiger partial charge in [-0.25, -0.2) is 0 Å². The highest BCUT2D eigenvalue weighted by molar-refractivity contribution is 6.15. The zero-order valence-corrected chi connectivity index (χ0v) is 33.7. The monoisotopic (exact) mass is 787 g/mol. The largest absolute Gasteiger partial charge is 0.456 e. The molecule has 0 saturated heterocycles. The van der Waals surface area contributed by atoms with Gasteiger partial charge in [-0.2, -0.15) is 0 Å². The summed E-state index contributed by atoms with van der Waals surface area (Å²) in [6.45, 7) is 0. The molecule has 1 aromatic heterocycles. The third-order valence-electron chi connectivity index (χ3n) is 12.9. The Balaban J connectivity index is 1.06. The summed E-state index contributed by atoms with van der Waals surface area (Å²) in [5.41, 5.74) is 9.85. The number of furan rings is 1. The van der Waals surface area contributed by atoms with Crippen molar-refractivity contribution >= 4 is 104 Å². The van der Waals surface area contributed by atoms with E-state index in [1.807, 2.05) is 0 Å². The summed E-state index contributed by atoms with van der Waals surface area (Å²) in [5, 5.41) is 16.9. The summed E-state index contributed by atoms with van der Waals surface area (Å²) < 4.78 is 6.53. The van der Waals surface area contributed by atoms with E-state index in [0.717, 1.165) is 39.0 Å². The zero-order valence-electron chi connectivity index (χ0n) is 33.7. The minimum absolute atomic E-state index is 0.875. The number of anilines is 3. The predicted molar refractivity (Wildman–Crippen MR) is 264 cm³/mol. The lowest BCUT2D eigenvalue weighted by Crippen LogP contribution is -2.10. The van der Waals surface area contributed by atoms with Crippen LogP contribution >= 0.6 is 0 Å². The minimum Gasteiger partial charge on any atom is -0.456 e. The number of hydrogen-bond acceptors (Lipinski definition) is 2. The highest BCUT2D eigenvalue weighted by Crippen LogP contribution is 2.45. The number of nitrogens with zero attached hydrogens (tertiary/aromatic N) is 1.